The van der Waals surface area contributed by atoms with Gasteiger partial charge in [-0.25, -0.2) is 4.39 Å². The van der Waals surface area contributed by atoms with Crippen molar-refractivity contribution in [3.8, 4) is 11.3 Å². The molecule has 1 N–H and O–H groups in total. The summed E-state index contributed by atoms with van der Waals surface area (Å²) in [6.07, 6.45) is 1.65. The molecule has 1 aromatic heterocycles. The fourth-order valence-electron chi connectivity index (χ4n) is 1.43. The van der Waals surface area contributed by atoms with Crippen LogP contribution in [0.15, 0.2) is 42.6 Å². The van der Waals surface area contributed by atoms with Gasteiger partial charge >= 0.3 is 0 Å². The zero-order valence-electron chi connectivity index (χ0n) is 8.43. The molecule has 2 aromatic rings. The largest absolute Gasteiger partial charge is 0.392 e. The molecule has 16 heavy (non-hydrogen) atoms. The van der Waals surface area contributed by atoms with E-state index in [1.807, 2.05) is 0 Å². The third-order valence-corrected chi connectivity index (χ3v) is 2.18. The summed E-state index contributed by atoms with van der Waals surface area (Å²) in [5.41, 5.74) is 2.24. The summed E-state index contributed by atoms with van der Waals surface area (Å²) >= 11 is 0. The van der Waals surface area contributed by atoms with Gasteiger partial charge in [-0.05, 0) is 30.3 Å². The maximum absolute atomic E-state index is 12.7. The topological polar surface area (TPSA) is 33.1 Å². The maximum atomic E-state index is 12.7. The van der Waals surface area contributed by atoms with E-state index in [1.54, 1.807) is 30.5 Å². The summed E-state index contributed by atoms with van der Waals surface area (Å²) in [6, 6.07) is 9.62. The van der Waals surface area contributed by atoms with Gasteiger partial charge in [0.25, 0.3) is 0 Å². The highest BCUT2D eigenvalue weighted by Gasteiger charge is 2.04. The predicted octanol–water partition coefficient (Wildman–Crippen LogP) is 2.80. The number of aliphatic hydroxyl groups excluding tert-OH is 1. The van der Waals surface area contributed by atoms with Gasteiger partial charge in [-0.15, -0.1) is 12.4 Å². The summed E-state index contributed by atoms with van der Waals surface area (Å²) in [7, 11) is 0. The summed E-state index contributed by atoms with van der Waals surface area (Å²) in [6.45, 7) is -0.0689. The Hall–Kier alpha value is -1.45. The first-order valence-corrected chi connectivity index (χ1v) is 4.62. The van der Waals surface area contributed by atoms with Crippen LogP contribution in [0.1, 0.15) is 5.56 Å². The van der Waals surface area contributed by atoms with E-state index < -0.39 is 0 Å². The van der Waals surface area contributed by atoms with Crippen molar-refractivity contribution < 1.29 is 9.50 Å². The summed E-state index contributed by atoms with van der Waals surface area (Å²) in [5, 5.41) is 9.12. The van der Waals surface area contributed by atoms with Crippen LogP contribution in [0, 0.1) is 5.82 Å². The molecule has 0 atom stereocenters. The fraction of sp³-hybridized carbons (Fsp3) is 0.0833. The number of hydrogen-bond acceptors (Lipinski definition) is 2. The Morgan fingerprint density at radius 2 is 1.81 bits per heavy atom. The van der Waals surface area contributed by atoms with E-state index in [4.69, 9.17) is 5.11 Å². The minimum absolute atomic E-state index is 0. The molecular weight excluding hydrogens is 229 g/mol. The van der Waals surface area contributed by atoms with Crippen LogP contribution in [0.5, 0.6) is 0 Å². The molecule has 2 rings (SSSR count). The first kappa shape index (κ1) is 12.6. The van der Waals surface area contributed by atoms with E-state index in [0.29, 0.717) is 5.69 Å². The summed E-state index contributed by atoms with van der Waals surface area (Å²) < 4.78 is 12.7. The van der Waals surface area contributed by atoms with Crippen LogP contribution in [0.2, 0.25) is 0 Å². The molecule has 0 amide bonds. The monoisotopic (exact) mass is 239 g/mol. The number of nitrogens with zero attached hydrogens (tertiary/aromatic N) is 1. The molecule has 1 aromatic carbocycles. The number of rotatable bonds is 2. The van der Waals surface area contributed by atoms with Crippen LogP contribution in [-0.4, -0.2) is 10.1 Å². The first-order chi connectivity index (χ1) is 7.31. The number of halogens is 2. The Bertz CT molecular complexity index is 459. The lowest BCUT2D eigenvalue weighted by Gasteiger charge is -2.05. The van der Waals surface area contributed by atoms with Crippen LogP contribution in [0.4, 0.5) is 4.39 Å². The lowest BCUT2D eigenvalue weighted by atomic mass is 10.1. The van der Waals surface area contributed by atoms with Crippen LogP contribution in [0.3, 0.4) is 0 Å². The highest BCUT2D eigenvalue weighted by Crippen LogP contribution is 2.21. The standard InChI is InChI=1S/C12H10FNO.ClH/c13-11-5-3-9(4-6-11)12-10(8-15)2-1-7-14-12;/h1-7,15H,8H2;1H. The van der Waals surface area contributed by atoms with Gasteiger partial charge in [-0.1, -0.05) is 6.07 Å². The molecule has 1 heterocycles. The van der Waals surface area contributed by atoms with Crippen LogP contribution >= 0.6 is 12.4 Å². The van der Waals surface area contributed by atoms with Gasteiger partial charge in [0.15, 0.2) is 0 Å². The molecule has 0 aliphatic carbocycles. The van der Waals surface area contributed by atoms with Crippen molar-refractivity contribution in [2.45, 2.75) is 6.61 Å². The minimum atomic E-state index is -0.278. The number of aromatic nitrogens is 1. The van der Waals surface area contributed by atoms with E-state index in [-0.39, 0.29) is 24.8 Å². The average Bonchev–Trinajstić information content (AvgIpc) is 2.30. The number of benzene rings is 1. The highest BCUT2D eigenvalue weighted by atomic mass is 35.5. The first-order valence-electron chi connectivity index (χ1n) is 4.62. The van der Waals surface area contributed by atoms with Gasteiger partial charge in [0.05, 0.1) is 12.3 Å². The summed E-state index contributed by atoms with van der Waals surface area (Å²) in [4.78, 5) is 4.17. The second-order valence-electron chi connectivity index (χ2n) is 3.18. The molecule has 0 aliphatic heterocycles. The molecule has 0 fully saturated rings. The molecule has 0 aliphatic rings. The molecule has 2 nitrogen and oxygen atoms in total. The number of aliphatic hydroxyl groups is 1. The van der Waals surface area contributed by atoms with Gasteiger partial charge in [0.1, 0.15) is 5.82 Å². The number of hydrogen-bond donors (Lipinski definition) is 1. The lowest BCUT2D eigenvalue weighted by Crippen LogP contribution is -1.92. The molecule has 0 saturated carbocycles. The van der Waals surface area contributed by atoms with Gasteiger partial charge in [-0.2, -0.15) is 0 Å². The zero-order valence-corrected chi connectivity index (χ0v) is 9.25. The SMILES string of the molecule is Cl.OCc1cccnc1-c1ccc(F)cc1. The van der Waals surface area contributed by atoms with E-state index in [1.165, 1.54) is 12.1 Å². The molecular formula is C12H11ClFNO. The Morgan fingerprint density at radius 1 is 1.12 bits per heavy atom. The minimum Gasteiger partial charge on any atom is -0.392 e. The molecule has 0 bridgehead atoms. The smallest absolute Gasteiger partial charge is 0.123 e. The van der Waals surface area contributed by atoms with Crippen molar-refractivity contribution in [3.63, 3.8) is 0 Å². The van der Waals surface area contributed by atoms with Gasteiger partial charge in [0.2, 0.25) is 0 Å². The summed E-state index contributed by atoms with van der Waals surface area (Å²) in [5.74, 6) is -0.278. The second kappa shape index (κ2) is 5.58. The Kier molecular flexibility index (Phi) is 4.40. The average molecular weight is 240 g/mol. The maximum Gasteiger partial charge on any atom is 0.123 e. The molecule has 84 valence electrons. The Morgan fingerprint density at radius 3 is 2.44 bits per heavy atom. The van der Waals surface area contributed by atoms with Gasteiger partial charge < -0.3 is 5.11 Å². The zero-order chi connectivity index (χ0) is 10.7. The quantitative estimate of drug-likeness (QED) is 0.874. The normalized spacial score (nSPS) is 9.62. The highest BCUT2D eigenvalue weighted by molar-refractivity contribution is 5.85. The van der Waals surface area contributed by atoms with Crippen LogP contribution in [-0.2, 0) is 6.61 Å². The van der Waals surface area contributed by atoms with Crippen molar-refractivity contribution in [3.05, 3.63) is 54.0 Å². The lowest BCUT2D eigenvalue weighted by molar-refractivity contribution is 0.282. The van der Waals surface area contributed by atoms with Crippen LogP contribution < -0.4 is 0 Å². The van der Waals surface area contributed by atoms with Gasteiger partial charge in [0, 0.05) is 17.3 Å². The molecule has 0 spiro atoms. The van der Waals surface area contributed by atoms with E-state index in [9.17, 15) is 4.39 Å². The number of pyridine rings is 1. The third-order valence-electron chi connectivity index (χ3n) is 2.18. The van der Waals surface area contributed by atoms with E-state index >= 15 is 0 Å². The van der Waals surface area contributed by atoms with Crippen molar-refractivity contribution in [2.75, 3.05) is 0 Å². The van der Waals surface area contributed by atoms with Crippen molar-refractivity contribution in [1.82, 2.24) is 4.98 Å². The van der Waals surface area contributed by atoms with Gasteiger partial charge in [-0.3, -0.25) is 4.98 Å². The molecule has 0 unspecified atom stereocenters. The van der Waals surface area contributed by atoms with E-state index in [2.05, 4.69) is 4.98 Å². The Labute approximate surface area is 99.2 Å². The molecule has 0 saturated heterocycles. The molecule has 4 heteroatoms. The van der Waals surface area contributed by atoms with Crippen molar-refractivity contribution in [1.29, 1.82) is 0 Å². The van der Waals surface area contributed by atoms with Crippen molar-refractivity contribution in [2.24, 2.45) is 0 Å². The predicted molar refractivity (Wildman–Crippen MR) is 62.8 cm³/mol. The van der Waals surface area contributed by atoms with Crippen LogP contribution in [0.25, 0.3) is 11.3 Å². The van der Waals surface area contributed by atoms with Crippen molar-refractivity contribution >= 4 is 12.4 Å². The fourth-order valence-corrected chi connectivity index (χ4v) is 1.43. The van der Waals surface area contributed by atoms with E-state index in [0.717, 1.165) is 11.1 Å². The second-order valence-corrected chi connectivity index (χ2v) is 3.18. The third kappa shape index (κ3) is 2.56. The molecule has 0 radical (unpaired) electrons. The Balaban J connectivity index is 0.00000128.